The second kappa shape index (κ2) is 18.6. The number of rotatable bonds is 14. The van der Waals surface area contributed by atoms with E-state index < -0.39 is 89.7 Å². The van der Waals surface area contributed by atoms with Gasteiger partial charge in [0.1, 0.15) is 19.4 Å². The van der Waals surface area contributed by atoms with Crippen LogP contribution in [0.2, 0.25) is 0 Å². The van der Waals surface area contributed by atoms with Crippen LogP contribution in [0, 0.1) is 0 Å². The van der Waals surface area contributed by atoms with Crippen molar-refractivity contribution in [2.45, 2.75) is 69.8 Å². The summed E-state index contributed by atoms with van der Waals surface area (Å²) in [5.74, 6) is -4.76. The molecule has 0 spiro atoms. The van der Waals surface area contributed by atoms with E-state index in [0.29, 0.717) is 10.9 Å². The van der Waals surface area contributed by atoms with Gasteiger partial charge in [0.15, 0.2) is 30.2 Å². The number of aromatic nitrogens is 3. The van der Waals surface area contributed by atoms with Crippen molar-refractivity contribution >= 4 is 78.8 Å². The predicted octanol–water partition coefficient (Wildman–Crippen LogP) is 4.94. The highest BCUT2D eigenvalue weighted by Crippen LogP contribution is 2.44. The number of nitrogens with zero attached hydrogens (tertiary/aromatic N) is 4. The zero-order valence-corrected chi connectivity index (χ0v) is 36.7. The molecule has 2 amide bonds. The number of imide groups is 1. The van der Waals surface area contributed by atoms with Crippen molar-refractivity contribution < 1.29 is 65.6 Å². The lowest BCUT2D eigenvalue weighted by Gasteiger charge is -2.44. The number of benzene rings is 3. The Morgan fingerprint density at radius 1 is 0.667 bits per heavy atom. The quantitative estimate of drug-likeness (QED) is 0.0803. The van der Waals surface area contributed by atoms with Crippen molar-refractivity contribution in [3.05, 3.63) is 132 Å². The molecule has 3 aromatic carbocycles. The summed E-state index contributed by atoms with van der Waals surface area (Å²) in [7, 11) is -4.31. The van der Waals surface area contributed by atoms with Crippen molar-refractivity contribution in [2.24, 2.45) is 0 Å². The van der Waals surface area contributed by atoms with Gasteiger partial charge in [-0.2, -0.15) is 0 Å². The molecule has 0 bridgehead atoms. The van der Waals surface area contributed by atoms with Crippen LogP contribution < -0.4 is 0 Å². The minimum Gasteiger partial charge on any atom is -0.463 e. The molecule has 0 saturated carbocycles. The number of carbonyl (C=O) groups is 6. The minimum absolute atomic E-state index is 0.0119. The van der Waals surface area contributed by atoms with E-state index in [0.717, 1.165) is 42.1 Å². The molecule has 18 nitrogen and oxygen atoms in total. The number of para-hydroxylation sites is 1. The monoisotopic (exact) mass is 918 g/mol. The Morgan fingerprint density at radius 3 is 1.89 bits per heavy atom. The fourth-order valence-corrected chi connectivity index (χ4v) is 9.53. The highest BCUT2D eigenvalue weighted by molar-refractivity contribution is 7.90. The lowest BCUT2D eigenvalue weighted by molar-refractivity contribution is -0.267. The highest BCUT2D eigenvalue weighted by atomic mass is 32.2. The molecule has 6 aromatic rings. The topological polar surface area (TPSA) is 218 Å². The molecule has 5 heterocycles. The second-order valence-electron chi connectivity index (χ2n) is 15.3. The number of hydrogen-bond acceptors (Lipinski definition) is 15. The van der Waals surface area contributed by atoms with Crippen molar-refractivity contribution in [3.8, 4) is 0 Å². The van der Waals surface area contributed by atoms with Gasteiger partial charge in [-0.15, -0.1) is 0 Å². The maximum atomic E-state index is 15.0. The Balaban J connectivity index is 1.34. The molecular formula is C47H42N4O14S. The molecule has 8 rings (SSSR count). The Hall–Kier alpha value is -7.48. The van der Waals surface area contributed by atoms with Gasteiger partial charge in [-0.05, 0) is 35.9 Å². The molecule has 2 aliphatic rings. The van der Waals surface area contributed by atoms with Crippen molar-refractivity contribution in [3.63, 3.8) is 0 Å². The number of esters is 4. The van der Waals surface area contributed by atoms with Crippen LogP contribution in [-0.4, -0.2) is 100 Å². The van der Waals surface area contributed by atoms with Gasteiger partial charge in [-0.1, -0.05) is 66.7 Å². The molecule has 1 saturated heterocycles. The van der Waals surface area contributed by atoms with Crippen LogP contribution in [0.4, 0.5) is 0 Å². The summed E-state index contributed by atoms with van der Waals surface area (Å²) in [6, 6.07) is 26.6. The summed E-state index contributed by atoms with van der Waals surface area (Å²) in [4.78, 5) is 85.3. The smallest absolute Gasteiger partial charge is 0.303 e. The molecule has 19 heteroatoms. The number of carbonyl (C=O) groups excluding carboxylic acids is 6. The van der Waals surface area contributed by atoms with Crippen LogP contribution in [0.25, 0.3) is 33.1 Å². The summed E-state index contributed by atoms with van der Waals surface area (Å²) < 4.78 is 65.8. The number of pyridine rings is 1. The maximum absolute atomic E-state index is 15.0. The van der Waals surface area contributed by atoms with Gasteiger partial charge in [-0.25, -0.2) is 22.3 Å². The fraction of sp³-hybridized carbons (Fsp3) is 0.255. The minimum atomic E-state index is -4.31. The fourth-order valence-electron chi connectivity index (χ4n) is 8.19. The first-order valence-electron chi connectivity index (χ1n) is 20.5. The van der Waals surface area contributed by atoms with Gasteiger partial charge in [0, 0.05) is 68.2 Å². The molecular weight excluding hydrogens is 877 g/mol. The third kappa shape index (κ3) is 8.70. The number of hydrogen-bond donors (Lipinski definition) is 0. The Labute approximate surface area is 377 Å². The molecule has 0 unspecified atom stereocenters. The average molecular weight is 919 g/mol. The van der Waals surface area contributed by atoms with E-state index in [-0.39, 0.29) is 44.8 Å². The molecule has 0 N–H and O–H groups in total. The summed E-state index contributed by atoms with van der Waals surface area (Å²) in [5, 5.41) is 0.617. The van der Waals surface area contributed by atoms with Crippen LogP contribution in [0.1, 0.15) is 50.6 Å². The predicted molar refractivity (Wildman–Crippen MR) is 233 cm³/mol. The van der Waals surface area contributed by atoms with Gasteiger partial charge in [0.05, 0.1) is 28.2 Å². The van der Waals surface area contributed by atoms with Crippen LogP contribution >= 0.6 is 0 Å². The van der Waals surface area contributed by atoms with E-state index in [9.17, 15) is 32.4 Å². The first-order chi connectivity index (χ1) is 31.6. The van der Waals surface area contributed by atoms with Crippen molar-refractivity contribution in [2.75, 3.05) is 13.3 Å². The average Bonchev–Trinajstić information content (AvgIpc) is 3.94. The second-order valence-corrected chi connectivity index (χ2v) is 17.2. The Morgan fingerprint density at radius 2 is 1.24 bits per heavy atom. The van der Waals surface area contributed by atoms with E-state index >= 15 is 4.79 Å². The van der Waals surface area contributed by atoms with E-state index in [1.54, 1.807) is 54.6 Å². The SMILES string of the molecule is CC(=O)OC[C@H]1O[C@@H](n2cc(C3=C(c4cn(S(=O)(=O)c5ccccc5)c5ncccc45)C(=O)N(COCc4ccccc4)C3=O)c3ccccc32)[C@H](OC(C)=O)[C@@H](OC(C)=O)[C@@H]1OC(C)=O. The van der Waals surface area contributed by atoms with E-state index in [4.69, 9.17) is 28.4 Å². The molecule has 1 fully saturated rings. The number of fused-ring (bicyclic) bond motifs is 2. The van der Waals surface area contributed by atoms with Gasteiger partial charge in [-0.3, -0.25) is 28.8 Å². The highest BCUT2D eigenvalue weighted by Gasteiger charge is 2.53. The zero-order chi connectivity index (χ0) is 46.9. The largest absolute Gasteiger partial charge is 0.463 e. The molecule has 2 aliphatic heterocycles. The molecule has 3 aromatic heterocycles. The first-order valence-corrected chi connectivity index (χ1v) is 22.0. The van der Waals surface area contributed by atoms with E-state index in [2.05, 4.69) is 4.98 Å². The summed E-state index contributed by atoms with van der Waals surface area (Å²) in [6.45, 7) is 3.55. The van der Waals surface area contributed by atoms with E-state index in [1.807, 2.05) is 30.3 Å². The standard InChI is InChI=1S/C47H42N4O14S/c1-27(52)61-25-38-41(62-28(2)53)42(63-29(3)54)43(64-30(4)55)47(65-38)49-22-35(33-18-11-12-20-37(33)49)39-40(46(57)50(45(39)56)26-60-24-31-14-7-5-8-15-31)36-23-51(44-34(36)19-13-21-48-44)66(58,59)32-16-9-6-10-17-32/h5-23,38,41-43,47H,24-26H2,1-4H3/t38-,41-,42+,43-,47-/m1/s1. The van der Waals surface area contributed by atoms with Gasteiger partial charge >= 0.3 is 23.9 Å². The molecule has 0 aliphatic carbocycles. The molecule has 0 radical (unpaired) electrons. The molecule has 340 valence electrons. The first kappa shape index (κ1) is 45.1. The molecule has 5 atom stereocenters. The lowest BCUT2D eigenvalue weighted by atomic mass is 9.96. The van der Waals surface area contributed by atoms with Crippen molar-refractivity contribution in [1.29, 1.82) is 0 Å². The third-order valence-corrected chi connectivity index (χ3v) is 12.5. The van der Waals surface area contributed by atoms with Crippen LogP contribution in [0.5, 0.6) is 0 Å². The summed E-state index contributed by atoms with van der Waals surface area (Å²) in [5.41, 5.74) is 1.03. The zero-order valence-electron chi connectivity index (χ0n) is 35.9. The van der Waals surface area contributed by atoms with Gasteiger partial charge in [0.2, 0.25) is 0 Å². The summed E-state index contributed by atoms with van der Waals surface area (Å²) in [6.07, 6.45) is -3.09. The number of amides is 2. The normalized spacial score (nSPS) is 19.9. The van der Waals surface area contributed by atoms with Gasteiger partial charge < -0.3 is 33.0 Å². The van der Waals surface area contributed by atoms with Crippen molar-refractivity contribution in [1.82, 2.24) is 18.4 Å². The van der Waals surface area contributed by atoms with Crippen LogP contribution in [0.15, 0.2) is 121 Å². The van der Waals surface area contributed by atoms with Gasteiger partial charge in [0.25, 0.3) is 21.8 Å². The van der Waals surface area contributed by atoms with Crippen LogP contribution in [-0.2, 0) is 73.8 Å². The van der Waals surface area contributed by atoms with Crippen LogP contribution in [0.3, 0.4) is 0 Å². The van der Waals surface area contributed by atoms with E-state index in [1.165, 1.54) is 35.3 Å². The number of ether oxygens (including phenoxy) is 6. The molecule has 66 heavy (non-hydrogen) atoms. The lowest BCUT2D eigenvalue weighted by Crippen LogP contribution is -2.60. The maximum Gasteiger partial charge on any atom is 0.303 e. The summed E-state index contributed by atoms with van der Waals surface area (Å²) >= 11 is 0. The Kier molecular flexibility index (Phi) is 12.7. The Bertz CT molecular complexity index is 3040. The third-order valence-electron chi connectivity index (χ3n) is 10.9.